The van der Waals surface area contributed by atoms with Crippen molar-refractivity contribution in [2.45, 2.75) is 25.9 Å². The van der Waals surface area contributed by atoms with Gasteiger partial charge in [-0.2, -0.15) is 0 Å². The summed E-state index contributed by atoms with van der Waals surface area (Å²) in [4.78, 5) is 19.0. The minimum Gasteiger partial charge on any atom is -0.335 e. The molecule has 6 heteroatoms. The Bertz CT molecular complexity index is 915. The van der Waals surface area contributed by atoms with Crippen LogP contribution in [0.1, 0.15) is 35.3 Å². The topological polar surface area (TPSA) is 65.5 Å². The first-order chi connectivity index (χ1) is 11.5. The van der Waals surface area contributed by atoms with Gasteiger partial charge in [-0.15, -0.1) is 0 Å². The van der Waals surface area contributed by atoms with Crippen molar-refractivity contribution in [2.75, 3.05) is 4.90 Å². The van der Waals surface area contributed by atoms with Gasteiger partial charge >= 0.3 is 0 Å². The molecule has 0 bridgehead atoms. The summed E-state index contributed by atoms with van der Waals surface area (Å²) in [5, 5.41) is 9.94. The third-order valence-corrected chi connectivity index (χ3v) is 5.75. The molecule has 1 aliphatic heterocycles. The number of fused-ring (bicyclic) bond motifs is 2. The summed E-state index contributed by atoms with van der Waals surface area (Å²) < 4.78 is 1.15. The molecule has 122 valence electrons. The van der Waals surface area contributed by atoms with E-state index in [0.717, 1.165) is 26.5 Å². The van der Waals surface area contributed by atoms with Crippen molar-refractivity contribution in [2.24, 2.45) is 0 Å². The zero-order valence-corrected chi connectivity index (χ0v) is 14.2. The summed E-state index contributed by atoms with van der Waals surface area (Å²) in [6.07, 6.45) is 0. The molecule has 0 spiro atoms. The van der Waals surface area contributed by atoms with Gasteiger partial charge in [-0.25, -0.2) is 10.5 Å². The molecule has 0 atom stereocenters. The fourth-order valence-electron chi connectivity index (χ4n) is 3.39. The predicted octanol–water partition coefficient (Wildman–Crippen LogP) is 3.67. The maximum Gasteiger partial charge on any atom is 0.274 e. The highest BCUT2D eigenvalue weighted by atomic mass is 32.1. The zero-order chi connectivity index (χ0) is 16.9. The molecule has 0 radical (unpaired) electrons. The molecule has 2 aromatic carbocycles. The van der Waals surface area contributed by atoms with Gasteiger partial charge in [0.15, 0.2) is 5.13 Å². The van der Waals surface area contributed by atoms with Crippen LogP contribution in [0, 0.1) is 0 Å². The summed E-state index contributed by atoms with van der Waals surface area (Å²) in [6, 6.07) is 13.7. The lowest BCUT2D eigenvalue weighted by Crippen LogP contribution is -2.35. The number of nitrogens with one attached hydrogen (secondary N) is 1. The largest absolute Gasteiger partial charge is 0.335 e. The van der Waals surface area contributed by atoms with Crippen molar-refractivity contribution in [3.63, 3.8) is 0 Å². The Morgan fingerprint density at radius 3 is 2.79 bits per heavy atom. The molecule has 1 aliphatic rings. The van der Waals surface area contributed by atoms with Crippen LogP contribution in [-0.2, 0) is 12.1 Å². The Hall–Kier alpha value is -2.44. The highest BCUT2D eigenvalue weighted by Crippen LogP contribution is 2.45. The third kappa shape index (κ3) is 2.11. The van der Waals surface area contributed by atoms with Crippen LogP contribution in [0.25, 0.3) is 10.2 Å². The van der Waals surface area contributed by atoms with Crippen LogP contribution < -0.4 is 10.4 Å². The van der Waals surface area contributed by atoms with E-state index in [1.807, 2.05) is 30.3 Å². The van der Waals surface area contributed by atoms with Crippen LogP contribution in [0.4, 0.5) is 5.13 Å². The van der Waals surface area contributed by atoms with Gasteiger partial charge in [-0.3, -0.25) is 10.0 Å². The molecule has 0 saturated carbocycles. The molecular weight excluding hydrogens is 322 g/mol. The van der Waals surface area contributed by atoms with Crippen molar-refractivity contribution in [1.82, 2.24) is 10.5 Å². The van der Waals surface area contributed by atoms with Gasteiger partial charge in [-0.05, 0) is 43.2 Å². The zero-order valence-electron chi connectivity index (χ0n) is 13.4. The van der Waals surface area contributed by atoms with Crippen LogP contribution in [0.2, 0.25) is 0 Å². The maximum atomic E-state index is 12.0. The quantitative estimate of drug-likeness (QED) is 0.552. The summed E-state index contributed by atoms with van der Waals surface area (Å²) in [5.41, 5.74) is 4.98. The number of hydrogen-bond acceptors (Lipinski definition) is 5. The normalized spacial score (nSPS) is 15.5. The second kappa shape index (κ2) is 5.29. The fraction of sp³-hybridized carbons (Fsp3) is 0.222. The van der Waals surface area contributed by atoms with Gasteiger partial charge in [0, 0.05) is 12.1 Å². The number of hydrogen-bond donors (Lipinski definition) is 2. The number of benzene rings is 2. The van der Waals surface area contributed by atoms with E-state index in [-0.39, 0.29) is 5.54 Å². The molecule has 0 fully saturated rings. The van der Waals surface area contributed by atoms with Crippen LogP contribution in [0.5, 0.6) is 0 Å². The summed E-state index contributed by atoms with van der Waals surface area (Å²) in [5.74, 6) is -0.478. The highest BCUT2D eigenvalue weighted by Gasteiger charge is 2.40. The fourth-order valence-corrected chi connectivity index (χ4v) is 4.50. The number of nitrogens with zero attached hydrogens (tertiary/aromatic N) is 2. The molecule has 5 nitrogen and oxygen atoms in total. The second-order valence-electron chi connectivity index (χ2n) is 6.38. The first-order valence-corrected chi connectivity index (χ1v) is 8.54. The number of thiazole rings is 1. The Morgan fingerprint density at radius 2 is 2.04 bits per heavy atom. The van der Waals surface area contributed by atoms with Gasteiger partial charge in [0.2, 0.25) is 0 Å². The summed E-state index contributed by atoms with van der Waals surface area (Å²) in [6.45, 7) is 4.85. The first kappa shape index (κ1) is 15.1. The standard InChI is InChI=1S/C18H17N3O2S/c1-18(2)13-7-5-6-11(16(22)20-23)12(13)10-21(18)17-19-14-8-3-4-9-15(14)24-17/h3-9,23H,10H2,1-2H3,(H,20,22). The number of carbonyl (C=O) groups is 1. The van der Waals surface area contributed by atoms with E-state index in [9.17, 15) is 4.79 Å². The lowest BCUT2D eigenvalue weighted by Gasteiger charge is -2.32. The monoisotopic (exact) mass is 339 g/mol. The summed E-state index contributed by atoms with van der Waals surface area (Å²) in [7, 11) is 0. The van der Waals surface area contributed by atoms with Crippen molar-refractivity contribution >= 4 is 32.6 Å². The van der Waals surface area contributed by atoms with E-state index in [2.05, 4.69) is 24.8 Å². The number of carbonyl (C=O) groups excluding carboxylic acids is 1. The third-order valence-electron chi connectivity index (χ3n) is 4.69. The van der Waals surface area contributed by atoms with E-state index in [0.29, 0.717) is 12.1 Å². The highest BCUT2D eigenvalue weighted by molar-refractivity contribution is 7.22. The number of amides is 1. The summed E-state index contributed by atoms with van der Waals surface area (Å²) >= 11 is 1.65. The van der Waals surface area contributed by atoms with Crippen molar-refractivity contribution < 1.29 is 10.0 Å². The number of aromatic nitrogens is 1. The molecule has 3 aromatic rings. The van der Waals surface area contributed by atoms with E-state index >= 15 is 0 Å². The number of hydroxylamine groups is 1. The Kier molecular flexibility index (Phi) is 3.33. The molecule has 1 aromatic heterocycles. The van der Waals surface area contributed by atoms with Gasteiger partial charge in [0.05, 0.1) is 15.8 Å². The first-order valence-electron chi connectivity index (χ1n) is 7.72. The maximum absolute atomic E-state index is 12.0. The van der Waals surface area contributed by atoms with Gasteiger partial charge in [0.25, 0.3) is 5.91 Å². The average Bonchev–Trinajstić information content (AvgIpc) is 3.12. The van der Waals surface area contributed by atoms with Gasteiger partial charge in [0.1, 0.15) is 0 Å². The molecule has 4 rings (SSSR count). The molecule has 2 N–H and O–H groups in total. The van der Waals surface area contributed by atoms with Gasteiger partial charge in [-0.1, -0.05) is 35.6 Å². The average molecular weight is 339 g/mol. The number of rotatable bonds is 2. The lowest BCUT2D eigenvalue weighted by molar-refractivity contribution is 0.0705. The second-order valence-corrected chi connectivity index (χ2v) is 7.39. The van der Waals surface area contributed by atoms with E-state index in [4.69, 9.17) is 10.2 Å². The Labute approximate surface area is 143 Å². The van der Waals surface area contributed by atoms with E-state index in [1.54, 1.807) is 22.9 Å². The Balaban J connectivity index is 1.83. The minimum atomic E-state index is -0.478. The lowest BCUT2D eigenvalue weighted by atomic mass is 9.91. The van der Waals surface area contributed by atoms with E-state index < -0.39 is 5.91 Å². The van der Waals surface area contributed by atoms with Crippen LogP contribution in [-0.4, -0.2) is 16.1 Å². The smallest absolute Gasteiger partial charge is 0.274 e. The van der Waals surface area contributed by atoms with Crippen molar-refractivity contribution in [3.8, 4) is 0 Å². The minimum absolute atomic E-state index is 0.283. The van der Waals surface area contributed by atoms with Crippen LogP contribution in [0.3, 0.4) is 0 Å². The molecular formula is C18H17N3O2S. The Morgan fingerprint density at radius 1 is 1.25 bits per heavy atom. The molecule has 24 heavy (non-hydrogen) atoms. The van der Waals surface area contributed by atoms with Crippen LogP contribution in [0.15, 0.2) is 42.5 Å². The molecule has 2 heterocycles. The molecule has 1 amide bonds. The molecule has 0 saturated heterocycles. The molecule has 0 aliphatic carbocycles. The van der Waals surface area contributed by atoms with Crippen molar-refractivity contribution in [3.05, 3.63) is 59.2 Å². The van der Waals surface area contributed by atoms with Gasteiger partial charge < -0.3 is 4.90 Å². The van der Waals surface area contributed by atoms with Crippen LogP contribution >= 0.6 is 11.3 Å². The number of anilines is 1. The predicted molar refractivity (Wildman–Crippen MR) is 94.5 cm³/mol. The van der Waals surface area contributed by atoms with E-state index in [1.165, 1.54) is 0 Å². The molecule has 0 unspecified atom stereocenters. The number of para-hydroxylation sites is 1. The van der Waals surface area contributed by atoms with Crippen molar-refractivity contribution in [1.29, 1.82) is 0 Å². The SMILES string of the molecule is CC1(C)c2cccc(C(=O)NO)c2CN1c1nc2ccccc2s1.